The van der Waals surface area contributed by atoms with Crippen molar-refractivity contribution in [1.82, 2.24) is 0 Å². The van der Waals surface area contributed by atoms with E-state index in [9.17, 15) is 4.79 Å². The van der Waals surface area contributed by atoms with Crippen LogP contribution in [0.1, 0.15) is 40.9 Å². The third-order valence-corrected chi connectivity index (χ3v) is 4.98. The Morgan fingerprint density at radius 3 is 2.29 bits per heavy atom. The maximum Gasteiger partial charge on any atom is 0.179 e. The summed E-state index contributed by atoms with van der Waals surface area (Å²) in [4.78, 5) is 14.7. The van der Waals surface area contributed by atoms with Crippen LogP contribution in [0.15, 0.2) is 6.07 Å². The molecule has 3 heteroatoms. The Hall–Kier alpha value is -0.670. The molecule has 1 aromatic rings. The first-order valence-electron chi connectivity index (χ1n) is 6.18. The highest BCUT2D eigenvalue weighted by Gasteiger charge is 2.42. The highest BCUT2D eigenvalue weighted by molar-refractivity contribution is 7.14. The number of hydrogen-bond donors (Lipinski definition) is 0. The maximum atomic E-state index is 12.6. The van der Waals surface area contributed by atoms with Gasteiger partial charge in [0.2, 0.25) is 0 Å². The minimum atomic E-state index is 0.0155. The zero-order chi connectivity index (χ0) is 12.7. The van der Waals surface area contributed by atoms with Gasteiger partial charge in [0, 0.05) is 4.88 Å². The molecule has 2 rings (SSSR count). The summed E-state index contributed by atoms with van der Waals surface area (Å²) in [5, 5.41) is 0. The van der Waals surface area contributed by atoms with Gasteiger partial charge in [-0.1, -0.05) is 6.92 Å². The fourth-order valence-electron chi connectivity index (χ4n) is 2.76. The van der Waals surface area contributed by atoms with Crippen LogP contribution in [0.2, 0.25) is 0 Å². The van der Waals surface area contributed by atoms with E-state index < -0.39 is 0 Å². The van der Waals surface area contributed by atoms with E-state index in [4.69, 9.17) is 4.74 Å². The van der Waals surface area contributed by atoms with Crippen molar-refractivity contribution < 1.29 is 9.53 Å². The molecule has 0 aromatic carbocycles. The van der Waals surface area contributed by atoms with Crippen molar-refractivity contribution in [2.45, 2.75) is 46.8 Å². The van der Waals surface area contributed by atoms with Gasteiger partial charge in [-0.3, -0.25) is 4.79 Å². The Morgan fingerprint density at radius 1 is 1.24 bits per heavy atom. The van der Waals surface area contributed by atoms with E-state index in [0.717, 1.165) is 10.4 Å². The Kier molecular flexibility index (Phi) is 3.41. The maximum absolute atomic E-state index is 12.6. The standard InChI is InChI=1S/C14H20O2S/c1-7-6-8(2)17-14(7)13(15)12-9(3)10(4)16-11(12)5/h6,9-12H,1-5H3. The van der Waals surface area contributed by atoms with Crippen LogP contribution in [0.5, 0.6) is 0 Å². The van der Waals surface area contributed by atoms with Crippen LogP contribution in [0.4, 0.5) is 0 Å². The molecule has 0 spiro atoms. The normalized spacial score (nSPS) is 33.0. The molecule has 2 nitrogen and oxygen atoms in total. The molecule has 1 saturated heterocycles. The van der Waals surface area contributed by atoms with Crippen LogP contribution in [0.25, 0.3) is 0 Å². The number of carbonyl (C=O) groups excluding carboxylic acids is 1. The molecule has 1 aliphatic rings. The zero-order valence-corrected chi connectivity index (χ0v) is 11.9. The van der Waals surface area contributed by atoms with Gasteiger partial charge < -0.3 is 4.74 Å². The Morgan fingerprint density at radius 2 is 1.88 bits per heavy atom. The van der Waals surface area contributed by atoms with Crippen LogP contribution in [-0.2, 0) is 4.74 Å². The van der Waals surface area contributed by atoms with Gasteiger partial charge in [0.1, 0.15) is 0 Å². The van der Waals surface area contributed by atoms with Gasteiger partial charge in [-0.15, -0.1) is 11.3 Å². The molecule has 1 aromatic heterocycles. The molecule has 0 N–H and O–H groups in total. The van der Waals surface area contributed by atoms with E-state index in [-0.39, 0.29) is 23.9 Å². The van der Waals surface area contributed by atoms with Crippen molar-refractivity contribution in [2.75, 3.05) is 0 Å². The molecule has 2 heterocycles. The molecule has 94 valence electrons. The lowest BCUT2D eigenvalue weighted by Gasteiger charge is -2.16. The van der Waals surface area contributed by atoms with Crippen molar-refractivity contribution in [3.63, 3.8) is 0 Å². The minimum absolute atomic E-state index is 0.0155. The fourth-order valence-corrected chi connectivity index (χ4v) is 3.77. The van der Waals surface area contributed by atoms with Crippen LogP contribution in [-0.4, -0.2) is 18.0 Å². The van der Waals surface area contributed by atoms with Gasteiger partial charge >= 0.3 is 0 Å². The zero-order valence-electron chi connectivity index (χ0n) is 11.1. The summed E-state index contributed by atoms with van der Waals surface area (Å²) < 4.78 is 5.76. The molecule has 0 bridgehead atoms. The van der Waals surface area contributed by atoms with E-state index in [2.05, 4.69) is 26.8 Å². The lowest BCUT2D eigenvalue weighted by Crippen LogP contribution is -2.26. The molecular formula is C14H20O2S. The topological polar surface area (TPSA) is 26.3 Å². The van der Waals surface area contributed by atoms with Gasteiger partial charge in [0.15, 0.2) is 5.78 Å². The first-order chi connectivity index (χ1) is 7.91. The van der Waals surface area contributed by atoms with E-state index in [1.165, 1.54) is 4.88 Å². The third-order valence-electron chi connectivity index (χ3n) is 3.81. The van der Waals surface area contributed by atoms with E-state index in [0.29, 0.717) is 5.92 Å². The van der Waals surface area contributed by atoms with Crippen molar-refractivity contribution in [3.05, 3.63) is 21.4 Å². The van der Waals surface area contributed by atoms with Gasteiger partial charge in [-0.25, -0.2) is 0 Å². The van der Waals surface area contributed by atoms with Crippen LogP contribution in [0.3, 0.4) is 0 Å². The molecule has 0 amide bonds. The number of thiophene rings is 1. The molecule has 4 unspecified atom stereocenters. The summed E-state index contributed by atoms with van der Waals surface area (Å²) in [6, 6.07) is 2.09. The third kappa shape index (κ3) is 2.18. The highest BCUT2D eigenvalue weighted by atomic mass is 32.1. The summed E-state index contributed by atoms with van der Waals surface area (Å²) >= 11 is 1.61. The van der Waals surface area contributed by atoms with Gasteiger partial charge in [-0.05, 0) is 45.2 Å². The lowest BCUT2D eigenvalue weighted by molar-refractivity contribution is 0.0492. The van der Waals surface area contributed by atoms with Crippen LogP contribution in [0, 0.1) is 25.7 Å². The average molecular weight is 252 g/mol. The first kappa shape index (κ1) is 12.8. The highest BCUT2D eigenvalue weighted by Crippen LogP contribution is 2.36. The van der Waals surface area contributed by atoms with Crippen molar-refractivity contribution >= 4 is 17.1 Å². The van der Waals surface area contributed by atoms with E-state index >= 15 is 0 Å². The number of carbonyl (C=O) groups is 1. The van der Waals surface area contributed by atoms with Crippen molar-refractivity contribution in [3.8, 4) is 0 Å². The summed E-state index contributed by atoms with van der Waals surface area (Å²) in [5.41, 5.74) is 1.11. The smallest absolute Gasteiger partial charge is 0.179 e. The number of ketones is 1. The SMILES string of the molecule is Cc1cc(C)c(C(=O)C2C(C)OC(C)C2C)s1. The number of rotatable bonds is 2. The average Bonchev–Trinajstić information content (AvgIpc) is 2.68. The fraction of sp³-hybridized carbons (Fsp3) is 0.643. The summed E-state index contributed by atoms with van der Waals surface area (Å²) in [6.07, 6.45) is 0.217. The Bertz CT molecular complexity index is 435. The summed E-state index contributed by atoms with van der Waals surface area (Å²) in [7, 11) is 0. The quantitative estimate of drug-likeness (QED) is 0.752. The molecule has 1 fully saturated rings. The number of Topliss-reactive ketones (excluding diaryl/α,β-unsaturated/α-hetero) is 1. The van der Waals surface area contributed by atoms with Crippen molar-refractivity contribution in [1.29, 1.82) is 0 Å². The molecule has 0 radical (unpaired) electrons. The molecule has 0 aliphatic carbocycles. The van der Waals surface area contributed by atoms with Gasteiger partial charge in [0.25, 0.3) is 0 Å². The van der Waals surface area contributed by atoms with Crippen molar-refractivity contribution in [2.24, 2.45) is 11.8 Å². The second-order valence-electron chi connectivity index (χ2n) is 5.16. The first-order valence-corrected chi connectivity index (χ1v) is 7.00. The molecule has 17 heavy (non-hydrogen) atoms. The van der Waals surface area contributed by atoms with E-state index in [1.54, 1.807) is 11.3 Å². The predicted octanol–water partition coefficient (Wildman–Crippen LogP) is 3.61. The molecular weight excluding hydrogens is 232 g/mol. The summed E-state index contributed by atoms with van der Waals surface area (Å²) in [6.45, 7) is 10.3. The number of hydrogen-bond acceptors (Lipinski definition) is 3. The minimum Gasteiger partial charge on any atom is -0.374 e. The second kappa shape index (κ2) is 4.54. The number of ether oxygens (including phenoxy) is 1. The molecule has 0 saturated carbocycles. The van der Waals surface area contributed by atoms with Gasteiger partial charge in [0.05, 0.1) is 23.0 Å². The van der Waals surface area contributed by atoms with Crippen LogP contribution < -0.4 is 0 Å². The Labute approximate surface area is 107 Å². The lowest BCUT2D eigenvalue weighted by atomic mass is 9.85. The van der Waals surface area contributed by atoms with Crippen LogP contribution >= 0.6 is 11.3 Å². The monoisotopic (exact) mass is 252 g/mol. The molecule has 1 aliphatic heterocycles. The van der Waals surface area contributed by atoms with E-state index in [1.807, 2.05) is 13.8 Å². The largest absolute Gasteiger partial charge is 0.374 e. The summed E-state index contributed by atoms with van der Waals surface area (Å²) in [5.74, 6) is 0.589. The predicted molar refractivity (Wildman–Crippen MR) is 70.8 cm³/mol. The van der Waals surface area contributed by atoms with Gasteiger partial charge in [-0.2, -0.15) is 0 Å². The second-order valence-corrected chi connectivity index (χ2v) is 6.42. The Balaban J connectivity index is 2.29. The molecule has 4 atom stereocenters. The number of aryl methyl sites for hydroxylation is 2.